The van der Waals surface area contributed by atoms with Gasteiger partial charge in [0.05, 0.1) is 6.10 Å². The largest absolute Gasteiger partial charge is 0.482 e. The third-order valence-electron chi connectivity index (χ3n) is 4.69. The van der Waals surface area contributed by atoms with Gasteiger partial charge in [-0.25, -0.2) is 14.6 Å². The molecule has 0 saturated carbocycles. The molecule has 160 valence electrons. The highest BCUT2D eigenvalue weighted by atomic mass is 16.5. The van der Waals surface area contributed by atoms with Crippen LogP contribution in [0.15, 0.2) is 42.6 Å². The van der Waals surface area contributed by atoms with Crippen LogP contribution in [-0.2, 0) is 16.1 Å². The van der Waals surface area contributed by atoms with Crippen LogP contribution < -0.4 is 9.64 Å². The molecule has 0 spiro atoms. The first-order valence-electron chi connectivity index (χ1n) is 9.99. The van der Waals surface area contributed by atoms with Crippen LogP contribution in [0, 0.1) is 0 Å². The van der Waals surface area contributed by atoms with Crippen molar-refractivity contribution in [2.45, 2.75) is 26.5 Å². The molecule has 0 radical (unpaired) electrons. The molecule has 0 unspecified atom stereocenters. The number of aliphatic carboxylic acids is 1. The molecule has 1 saturated heterocycles. The van der Waals surface area contributed by atoms with E-state index < -0.39 is 5.97 Å². The molecule has 30 heavy (non-hydrogen) atoms. The average molecular weight is 413 g/mol. The minimum Gasteiger partial charge on any atom is -0.482 e. The number of ether oxygens (including phenoxy) is 2. The van der Waals surface area contributed by atoms with Gasteiger partial charge in [-0.05, 0) is 43.7 Å². The Morgan fingerprint density at radius 2 is 1.90 bits per heavy atom. The molecule has 2 aromatic rings. The molecule has 1 aliphatic heterocycles. The molecule has 2 heterocycles. The lowest BCUT2D eigenvalue weighted by Crippen LogP contribution is -2.46. The minimum absolute atomic E-state index is 0.183. The first-order chi connectivity index (χ1) is 14.4. The van der Waals surface area contributed by atoms with Crippen LogP contribution in [0.3, 0.4) is 0 Å². The van der Waals surface area contributed by atoms with Crippen molar-refractivity contribution in [1.29, 1.82) is 0 Å². The number of carboxylic acid groups (broad SMARTS) is 1. The number of anilines is 1. The van der Waals surface area contributed by atoms with Gasteiger partial charge in [0, 0.05) is 38.9 Å². The molecule has 0 bridgehead atoms. The Hall–Kier alpha value is -3.13. The lowest BCUT2D eigenvalue weighted by Gasteiger charge is -2.36. The smallest absolute Gasteiger partial charge is 0.342 e. The molecule has 1 fully saturated rings. The summed E-state index contributed by atoms with van der Waals surface area (Å²) in [6.07, 6.45) is 1.51. The van der Waals surface area contributed by atoms with Gasteiger partial charge in [-0.1, -0.05) is 12.1 Å². The number of rotatable bonds is 8. The summed E-state index contributed by atoms with van der Waals surface area (Å²) in [6.45, 7) is 7.16. The highest BCUT2D eigenvalue weighted by Gasteiger charge is 2.23. The van der Waals surface area contributed by atoms with Gasteiger partial charge in [0.15, 0.2) is 6.61 Å². The van der Waals surface area contributed by atoms with E-state index in [9.17, 15) is 9.59 Å². The predicted molar refractivity (Wildman–Crippen MR) is 112 cm³/mol. The molecule has 0 atom stereocenters. The summed E-state index contributed by atoms with van der Waals surface area (Å²) in [6, 6.07) is 11.0. The van der Waals surface area contributed by atoms with E-state index in [1.54, 1.807) is 24.4 Å². The molecule has 1 N–H and O–H groups in total. The highest BCUT2D eigenvalue weighted by molar-refractivity contribution is 5.94. The van der Waals surface area contributed by atoms with Crippen LogP contribution in [0.4, 0.5) is 5.82 Å². The fraction of sp³-hybridized carbons (Fsp3) is 0.409. The lowest BCUT2D eigenvalue weighted by molar-refractivity contribution is -0.139. The number of esters is 1. The van der Waals surface area contributed by atoms with Crippen LogP contribution in [0.2, 0.25) is 0 Å². The first-order valence-corrected chi connectivity index (χ1v) is 9.99. The van der Waals surface area contributed by atoms with Gasteiger partial charge in [0.25, 0.3) is 0 Å². The number of hydrogen-bond acceptors (Lipinski definition) is 7. The molecule has 1 aromatic carbocycles. The second-order valence-electron chi connectivity index (χ2n) is 7.42. The van der Waals surface area contributed by atoms with Gasteiger partial charge in [-0.2, -0.15) is 0 Å². The molecule has 0 amide bonds. The molecule has 1 aromatic heterocycles. The van der Waals surface area contributed by atoms with Crippen LogP contribution in [0.5, 0.6) is 5.75 Å². The third-order valence-corrected chi connectivity index (χ3v) is 4.69. The van der Waals surface area contributed by atoms with Crippen LogP contribution >= 0.6 is 0 Å². The number of nitrogens with zero attached hydrogens (tertiary/aromatic N) is 3. The van der Waals surface area contributed by atoms with Crippen molar-refractivity contribution in [3.8, 4) is 5.75 Å². The summed E-state index contributed by atoms with van der Waals surface area (Å²) in [5.74, 6) is -0.140. The van der Waals surface area contributed by atoms with Crippen molar-refractivity contribution < 1.29 is 24.2 Å². The maximum absolute atomic E-state index is 12.4. The van der Waals surface area contributed by atoms with E-state index in [1.165, 1.54) is 0 Å². The fourth-order valence-electron chi connectivity index (χ4n) is 3.34. The molecule has 8 nitrogen and oxygen atoms in total. The van der Waals surface area contributed by atoms with Crippen molar-refractivity contribution in [2.24, 2.45) is 0 Å². The number of carboxylic acids is 1. The van der Waals surface area contributed by atoms with Gasteiger partial charge >= 0.3 is 11.9 Å². The van der Waals surface area contributed by atoms with E-state index >= 15 is 0 Å². The highest BCUT2D eigenvalue weighted by Crippen LogP contribution is 2.22. The number of hydrogen-bond donors (Lipinski definition) is 1. The summed E-state index contributed by atoms with van der Waals surface area (Å²) in [4.78, 5) is 31.9. The zero-order chi connectivity index (χ0) is 21.5. The number of pyridine rings is 1. The van der Waals surface area contributed by atoms with Crippen molar-refractivity contribution in [1.82, 2.24) is 9.88 Å². The van der Waals surface area contributed by atoms with Crippen LogP contribution in [0.25, 0.3) is 0 Å². The molecule has 0 aliphatic carbocycles. The Morgan fingerprint density at radius 1 is 1.13 bits per heavy atom. The number of piperazine rings is 1. The minimum atomic E-state index is -0.998. The maximum Gasteiger partial charge on any atom is 0.342 e. The fourth-order valence-corrected chi connectivity index (χ4v) is 3.34. The van der Waals surface area contributed by atoms with Crippen molar-refractivity contribution in [2.75, 3.05) is 37.7 Å². The van der Waals surface area contributed by atoms with Crippen molar-refractivity contribution >= 4 is 17.8 Å². The second-order valence-corrected chi connectivity index (χ2v) is 7.42. The summed E-state index contributed by atoms with van der Waals surface area (Å²) in [7, 11) is 0. The van der Waals surface area contributed by atoms with E-state index in [4.69, 9.17) is 14.6 Å². The normalized spacial score (nSPS) is 14.6. The van der Waals surface area contributed by atoms with Gasteiger partial charge in [0.2, 0.25) is 0 Å². The first kappa shape index (κ1) is 21.6. The summed E-state index contributed by atoms with van der Waals surface area (Å²) >= 11 is 0. The lowest BCUT2D eigenvalue weighted by atomic mass is 10.1. The molecule has 3 rings (SSSR count). The van der Waals surface area contributed by atoms with E-state index in [0.29, 0.717) is 17.1 Å². The van der Waals surface area contributed by atoms with Crippen molar-refractivity contribution in [3.05, 3.63) is 53.7 Å². The van der Waals surface area contributed by atoms with E-state index in [-0.39, 0.29) is 18.7 Å². The topological polar surface area (TPSA) is 92.2 Å². The maximum atomic E-state index is 12.4. The third kappa shape index (κ3) is 5.93. The second kappa shape index (κ2) is 10.1. The Labute approximate surface area is 176 Å². The molecule has 1 aliphatic rings. The Balaban J connectivity index is 1.59. The quantitative estimate of drug-likeness (QED) is 0.660. The number of aromatic nitrogens is 1. The van der Waals surface area contributed by atoms with Gasteiger partial charge < -0.3 is 19.5 Å². The van der Waals surface area contributed by atoms with Gasteiger partial charge in [-0.15, -0.1) is 0 Å². The summed E-state index contributed by atoms with van der Waals surface area (Å²) in [5.41, 5.74) is 1.55. The molecular formula is C22H27N3O5. The van der Waals surface area contributed by atoms with E-state index in [2.05, 4.69) is 14.8 Å². The SMILES string of the molecule is CC(C)OC(=O)c1cccnc1N1CCN(Cc2cccc(OCC(=O)O)c2)CC1. The van der Waals surface area contributed by atoms with Crippen LogP contribution in [0.1, 0.15) is 29.8 Å². The number of benzene rings is 1. The molecular weight excluding hydrogens is 386 g/mol. The average Bonchev–Trinajstić information content (AvgIpc) is 2.73. The Kier molecular flexibility index (Phi) is 7.24. The number of carbonyl (C=O) groups is 2. The summed E-state index contributed by atoms with van der Waals surface area (Å²) in [5, 5.41) is 8.75. The zero-order valence-corrected chi connectivity index (χ0v) is 17.3. The Bertz CT molecular complexity index is 879. The number of carbonyl (C=O) groups excluding carboxylic acids is 1. The standard InChI is InChI=1S/C22H27N3O5/c1-16(2)30-22(28)19-7-4-8-23-21(19)25-11-9-24(10-12-25)14-17-5-3-6-18(13-17)29-15-20(26)27/h3-8,13,16H,9-12,14-15H2,1-2H3,(H,26,27). The van der Waals surface area contributed by atoms with E-state index in [0.717, 1.165) is 38.3 Å². The Morgan fingerprint density at radius 3 is 2.60 bits per heavy atom. The van der Waals surface area contributed by atoms with Crippen molar-refractivity contribution in [3.63, 3.8) is 0 Å². The predicted octanol–water partition coefficient (Wildman–Crippen LogP) is 2.43. The van der Waals surface area contributed by atoms with E-state index in [1.807, 2.05) is 32.0 Å². The van der Waals surface area contributed by atoms with Crippen LogP contribution in [-0.4, -0.2) is 65.8 Å². The zero-order valence-electron chi connectivity index (χ0n) is 17.3. The van der Waals surface area contributed by atoms with Gasteiger partial charge in [-0.3, -0.25) is 4.90 Å². The monoisotopic (exact) mass is 413 g/mol. The van der Waals surface area contributed by atoms with Gasteiger partial charge in [0.1, 0.15) is 17.1 Å². The molecule has 8 heteroatoms. The summed E-state index contributed by atoms with van der Waals surface area (Å²) < 4.78 is 10.6.